The van der Waals surface area contributed by atoms with Crippen LogP contribution in [0.2, 0.25) is 0 Å². The highest BCUT2D eigenvalue weighted by Crippen LogP contribution is 2.23. The van der Waals surface area contributed by atoms with Crippen LogP contribution in [0.4, 0.5) is 11.4 Å². The maximum absolute atomic E-state index is 11.8. The van der Waals surface area contributed by atoms with Gasteiger partial charge in [-0.3, -0.25) is 14.9 Å². The number of aromatic nitrogens is 2. The number of nitrogens with one attached hydrogen (secondary N) is 1. The molecule has 9 nitrogen and oxygen atoms in total. The molecule has 27 heavy (non-hydrogen) atoms. The number of nitro groups is 1. The molecular weight excluding hydrogens is 372 g/mol. The molecule has 0 fully saturated rings. The maximum atomic E-state index is 11.8. The normalized spacial score (nSPS) is 10.5. The maximum Gasteiger partial charge on any atom is 0.306 e. The number of hydrogen-bond acceptors (Lipinski definition) is 9. The molecular formula is C17H16N4O5S. The number of esters is 1. The second-order valence-corrected chi connectivity index (χ2v) is 6.40. The molecule has 0 amide bonds. The first-order valence-electron chi connectivity index (χ1n) is 8.13. The summed E-state index contributed by atoms with van der Waals surface area (Å²) in [5.74, 6) is 0.282. The molecule has 0 saturated heterocycles. The van der Waals surface area contributed by atoms with E-state index in [1.54, 1.807) is 18.2 Å². The van der Waals surface area contributed by atoms with E-state index in [0.29, 0.717) is 24.5 Å². The van der Waals surface area contributed by atoms with E-state index in [1.165, 1.54) is 17.4 Å². The van der Waals surface area contributed by atoms with Gasteiger partial charge in [-0.25, -0.2) is 0 Å². The van der Waals surface area contributed by atoms with Crippen molar-refractivity contribution in [1.29, 1.82) is 0 Å². The molecule has 0 aliphatic heterocycles. The van der Waals surface area contributed by atoms with Crippen molar-refractivity contribution in [3.63, 3.8) is 0 Å². The zero-order chi connectivity index (χ0) is 19.1. The molecule has 0 spiro atoms. The highest BCUT2D eigenvalue weighted by atomic mass is 32.1. The van der Waals surface area contributed by atoms with Crippen molar-refractivity contribution in [2.24, 2.45) is 0 Å². The number of rotatable bonds is 9. The Kier molecular flexibility index (Phi) is 6.10. The number of thiophene rings is 1. The van der Waals surface area contributed by atoms with Gasteiger partial charge in [-0.05, 0) is 23.9 Å². The summed E-state index contributed by atoms with van der Waals surface area (Å²) in [6.45, 7) is 0.317. The molecule has 0 aliphatic carbocycles. The summed E-state index contributed by atoms with van der Waals surface area (Å²) in [4.78, 5) is 27.3. The van der Waals surface area contributed by atoms with Gasteiger partial charge in [-0.1, -0.05) is 23.4 Å². The van der Waals surface area contributed by atoms with Crippen molar-refractivity contribution >= 4 is 28.7 Å². The molecule has 2 heterocycles. The van der Waals surface area contributed by atoms with Crippen LogP contribution in [0, 0.1) is 10.1 Å². The Balaban J connectivity index is 1.39. The van der Waals surface area contributed by atoms with Crippen molar-refractivity contribution < 1.29 is 19.0 Å². The standard InChI is InChI=1S/C17H16N4O5S/c22-16(8-3-9-18-12-5-1-2-6-13(12)21(23)24)25-11-15-19-17(20-26-15)14-7-4-10-27-14/h1-2,4-7,10,18H,3,8-9,11H2. The van der Waals surface area contributed by atoms with Crippen molar-refractivity contribution in [2.75, 3.05) is 11.9 Å². The van der Waals surface area contributed by atoms with Gasteiger partial charge in [0.1, 0.15) is 5.69 Å². The van der Waals surface area contributed by atoms with Crippen LogP contribution in [0.1, 0.15) is 18.7 Å². The third-order valence-corrected chi connectivity index (χ3v) is 4.41. The first-order valence-corrected chi connectivity index (χ1v) is 9.01. The van der Waals surface area contributed by atoms with Gasteiger partial charge in [0.25, 0.3) is 11.6 Å². The minimum Gasteiger partial charge on any atom is -0.456 e. The number of para-hydroxylation sites is 2. The largest absolute Gasteiger partial charge is 0.456 e. The second-order valence-electron chi connectivity index (χ2n) is 5.45. The SMILES string of the molecule is O=C(CCCNc1ccccc1[N+](=O)[O-])OCc1nc(-c2cccs2)no1. The highest BCUT2D eigenvalue weighted by molar-refractivity contribution is 7.13. The minimum atomic E-state index is -0.453. The molecule has 0 unspecified atom stereocenters. The van der Waals surface area contributed by atoms with E-state index in [4.69, 9.17) is 9.26 Å². The predicted molar refractivity (Wildman–Crippen MR) is 98.2 cm³/mol. The molecule has 0 saturated carbocycles. The number of carbonyl (C=O) groups excluding carboxylic acids is 1. The molecule has 140 valence electrons. The van der Waals surface area contributed by atoms with Crippen molar-refractivity contribution in [3.8, 4) is 10.7 Å². The number of benzene rings is 1. The fraction of sp³-hybridized carbons (Fsp3) is 0.235. The van der Waals surface area contributed by atoms with Crippen molar-refractivity contribution in [1.82, 2.24) is 10.1 Å². The lowest BCUT2D eigenvalue weighted by atomic mass is 10.2. The van der Waals surface area contributed by atoms with E-state index < -0.39 is 10.9 Å². The zero-order valence-corrected chi connectivity index (χ0v) is 15.0. The number of carbonyl (C=O) groups is 1. The molecule has 3 rings (SSSR count). The Hall–Kier alpha value is -3.27. The summed E-state index contributed by atoms with van der Waals surface area (Å²) < 4.78 is 10.2. The molecule has 0 bridgehead atoms. The highest BCUT2D eigenvalue weighted by Gasteiger charge is 2.13. The number of ether oxygens (including phenoxy) is 1. The minimum absolute atomic E-state index is 0.00184. The predicted octanol–water partition coefficient (Wildman–Crippen LogP) is 3.64. The van der Waals surface area contributed by atoms with E-state index in [2.05, 4.69) is 15.5 Å². The van der Waals surface area contributed by atoms with Crippen LogP contribution in [0.15, 0.2) is 46.3 Å². The fourth-order valence-corrected chi connectivity index (χ4v) is 2.92. The van der Waals surface area contributed by atoms with Crippen LogP contribution in [0.5, 0.6) is 0 Å². The Morgan fingerprint density at radius 3 is 2.93 bits per heavy atom. The van der Waals surface area contributed by atoms with E-state index in [1.807, 2.05) is 17.5 Å². The van der Waals surface area contributed by atoms with Crippen LogP contribution in [0.3, 0.4) is 0 Å². The summed E-state index contributed by atoms with van der Waals surface area (Å²) >= 11 is 1.49. The summed E-state index contributed by atoms with van der Waals surface area (Å²) in [5, 5.41) is 19.6. The fourth-order valence-electron chi connectivity index (χ4n) is 2.27. The van der Waals surface area contributed by atoms with Gasteiger partial charge in [-0.15, -0.1) is 11.3 Å². The molecule has 1 aromatic carbocycles. The van der Waals surface area contributed by atoms with Crippen LogP contribution >= 0.6 is 11.3 Å². The Bertz CT molecular complexity index is 910. The lowest BCUT2D eigenvalue weighted by Crippen LogP contribution is -2.09. The van der Waals surface area contributed by atoms with Gasteiger partial charge in [0.2, 0.25) is 5.82 Å². The molecule has 0 radical (unpaired) electrons. The first kappa shape index (κ1) is 18.5. The van der Waals surface area contributed by atoms with Gasteiger partial charge in [0, 0.05) is 19.0 Å². The number of anilines is 1. The molecule has 0 atom stereocenters. The lowest BCUT2D eigenvalue weighted by Gasteiger charge is -2.06. The van der Waals surface area contributed by atoms with Crippen molar-refractivity contribution in [3.05, 3.63) is 57.8 Å². The summed E-state index contributed by atoms with van der Waals surface area (Å²) in [7, 11) is 0. The van der Waals surface area contributed by atoms with E-state index in [-0.39, 0.29) is 24.6 Å². The monoisotopic (exact) mass is 388 g/mol. The van der Waals surface area contributed by atoms with Gasteiger partial charge in [-0.2, -0.15) is 4.98 Å². The summed E-state index contributed by atoms with van der Waals surface area (Å²) in [6, 6.07) is 10.1. The van der Waals surface area contributed by atoms with Gasteiger partial charge in [0.15, 0.2) is 6.61 Å². The number of nitro benzene ring substituents is 1. The zero-order valence-electron chi connectivity index (χ0n) is 14.2. The van der Waals surface area contributed by atoms with Gasteiger partial charge >= 0.3 is 5.97 Å². The quantitative estimate of drug-likeness (QED) is 0.255. The number of nitrogens with zero attached hydrogens (tertiary/aromatic N) is 3. The van der Waals surface area contributed by atoms with Gasteiger partial charge in [0.05, 0.1) is 9.80 Å². The summed E-state index contributed by atoms with van der Waals surface area (Å²) in [6.07, 6.45) is 0.634. The van der Waals surface area contributed by atoms with E-state index in [0.717, 1.165) is 4.88 Å². The average Bonchev–Trinajstić information content (AvgIpc) is 3.35. The smallest absolute Gasteiger partial charge is 0.306 e. The Morgan fingerprint density at radius 1 is 1.30 bits per heavy atom. The van der Waals surface area contributed by atoms with E-state index >= 15 is 0 Å². The van der Waals surface area contributed by atoms with Crippen LogP contribution in [-0.4, -0.2) is 27.6 Å². The molecule has 1 N–H and O–H groups in total. The van der Waals surface area contributed by atoms with Crippen LogP contribution in [0.25, 0.3) is 10.7 Å². The van der Waals surface area contributed by atoms with Gasteiger partial charge < -0.3 is 14.6 Å². The Morgan fingerprint density at radius 2 is 2.15 bits per heavy atom. The average molecular weight is 388 g/mol. The molecule has 0 aliphatic rings. The Labute approximate surface area is 158 Å². The third-order valence-electron chi connectivity index (χ3n) is 3.54. The number of hydrogen-bond donors (Lipinski definition) is 1. The van der Waals surface area contributed by atoms with Crippen LogP contribution in [-0.2, 0) is 16.1 Å². The third kappa shape index (κ3) is 5.11. The first-order chi connectivity index (χ1) is 13.1. The molecule has 2 aromatic heterocycles. The molecule has 3 aromatic rings. The molecule has 10 heteroatoms. The lowest BCUT2D eigenvalue weighted by molar-refractivity contribution is -0.384. The van der Waals surface area contributed by atoms with E-state index in [9.17, 15) is 14.9 Å². The summed E-state index contributed by atoms with van der Waals surface area (Å²) in [5.41, 5.74) is 0.417. The second kappa shape index (κ2) is 8.90. The topological polar surface area (TPSA) is 120 Å². The van der Waals surface area contributed by atoms with Crippen molar-refractivity contribution in [2.45, 2.75) is 19.4 Å². The van der Waals surface area contributed by atoms with Crippen LogP contribution < -0.4 is 5.32 Å².